The lowest BCUT2D eigenvalue weighted by atomic mass is 9.81. The molecule has 3 nitrogen and oxygen atoms in total. The quantitative estimate of drug-likeness (QED) is 0.616. The van der Waals surface area contributed by atoms with Crippen LogP contribution in [0.4, 0.5) is 0 Å². The topological polar surface area (TPSA) is 47.3 Å². The maximum atomic E-state index is 6.12. The molecule has 1 spiro atoms. The van der Waals surface area contributed by atoms with Crippen LogP contribution in [0.15, 0.2) is 0 Å². The van der Waals surface area contributed by atoms with Crippen LogP contribution in [0.3, 0.4) is 0 Å². The molecule has 2 rings (SSSR count). The first kappa shape index (κ1) is 15.6. The van der Waals surface area contributed by atoms with Crippen molar-refractivity contribution in [2.45, 2.75) is 75.7 Å². The van der Waals surface area contributed by atoms with E-state index in [1.165, 1.54) is 32.1 Å². The van der Waals surface area contributed by atoms with Gasteiger partial charge in [-0.1, -0.05) is 33.6 Å². The highest BCUT2D eigenvalue weighted by molar-refractivity contribution is 8.00. The number of hydrogen-bond acceptors (Lipinski definition) is 4. The average Bonchev–Trinajstić information content (AvgIpc) is 2.77. The fourth-order valence-electron chi connectivity index (χ4n) is 3.44. The predicted molar refractivity (Wildman–Crippen MR) is 83.2 cm³/mol. The summed E-state index contributed by atoms with van der Waals surface area (Å²) in [7, 11) is 0. The predicted octanol–water partition coefficient (Wildman–Crippen LogP) is 3.09. The second-order valence-corrected chi connectivity index (χ2v) is 9.03. The smallest absolute Gasteiger partial charge is 0.0685 e. The van der Waals surface area contributed by atoms with Gasteiger partial charge in [0.25, 0.3) is 0 Å². The van der Waals surface area contributed by atoms with Crippen LogP contribution in [0.2, 0.25) is 0 Å². The van der Waals surface area contributed by atoms with Crippen molar-refractivity contribution in [3.63, 3.8) is 0 Å². The first-order chi connectivity index (χ1) is 8.94. The summed E-state index contributed by atoms with van der Waals surface area (Å²) in [6.45, 7) is 7.73. The zero-order valence-corrected chi connectivity index (χ0v) is 13.5. The Labute approximate surface area is 122 Å². The highest BCUT2D eigenvalue weighted by atomic mass is 32.2. The van der Waals surface area contributed by atoms with Gasteiger partial charge in [0.05, 0.1) is 5.60 Å². The molecule has 1 aliphatic heterocycles. The zero-order chi connectivity index (χ0) is 13.9. The van der Waals surface area contributed by atoms with Crippen molar-refractivity contribution < 1.29 is 4.74 Å². The summed E-state index contributed by atoms with van der Waals surface area (Å²) < 4.78 is 6.43. The van der Waals surface area contributed by atoms with Crippen LogP contribution in [-0.2, 0) is 4.74 Å². The molecule has 1 saturated carbocycles. The fraction of sp³-hybridized carbons (Fsp3) is 1.00. The van der Waals surface area contributed by atoms with Gasteiger partial charge in [-0.05, 0) is 31.6 Å². The van der Waals surface area contributed by atoms with Gasteiger partial charge < -0.3 is 4.74 Å². The second kappa shape index (κ2) is 6.33. The van der Waals surface area contributed by atoms with E-state index in [9.17, 15) is 0 Å². The number of rotatable bonds is 4. The number of ether oxygens (including phenoxy) is 1. The van der Waals surface area contributed by atoms with Crippen LogP contribution in [0.25, 0.3) is 0 Å². The summed E-state index contributed by atoms with van der Waals surface area (Å²) in [4.78, 5) is 0. The van der Waals surface area contributed by atoms with Crippen molar-refractivity contribution in [1.29, 1.82) is 0 Å². The fourth-order valence-corrected chi connectivity index (χ4v) is 4.48. The summed E-state index contributed by atoms with van der Waals surface area (Å²) in [5.41, 5.74) is 3.27. The molecule has 0 aromatic rings. The molecule has 1 aliphatic carbocycles. The van der Waals surface area contributed by atoms with Crippen molar-refractivity contribution in [1.82, 2.24) is 5.43 Å². The van der Waals surface area contributed by atoms with Gasteiger partial charge in [0.2, 0.25) is 0 Å². The van der Waals surface area contributed by atoms with Crippen LogP contribution < -0.4 is 11.3 Å². The molecule has 2 fully saturated rings. The largest absolute Gasteiger partial charge is 0.375 e. The average molecular weight is 286 g/mol. The molecule has 2 atom stereocenters. The molecule has 0 bridgehead atoms. The van der Waals surface area contributed by atoms with Gasteiger partial charge in [-0.25, -0.2) is 0 Å². The van der Waals surface area contributed by atoms with Gasteiger partial charge in [-0.15, -0.1) is 0 Å². The van der Waals surface area contributed by atoms with Gasteiger partial charge in [0.1, 0.15) is 0 Å². The van der Waals surface area contributed by atoms with Crippen LogP contribution in [0.5, 0.6) is 0 Å². The number of nitrogens with one attached hydrogen (secondary N) is 1. The Morgan fingerprint density at radius 2 is 2.05 bits per heavy atom. The zero-order valence-electron chi connectivity index (χ0n) is 12.7. The van der Waals surface area contributed by atoms with Crippen molar-refractivity contribution in [2.24, 2.45) is 11.8 Å². The monoisotopic (exact) mass is 286 g/mol. The molecule has 1 saturated heterocycles. The van der Waals surface area contributed by atoms with Crippen molar-refractivity contribution in [3.8, 4) is 0 Å². The standard InChI is InChI=1S/C15H30N2OS/c1-14(2,3)19-11-13(17-16)12-6-9-18-15(10-12)7-4-5-8-15/h12-13,17H,4-11,16H2,1-3H3. The maximum absolute atomic E-state index is 6.12. The normalized spacial score (nSPS) is 28.7. The summed E-state index contributed by atoms with van der Waals surface area (Å²) in [6, 6.07) is 0.422. The maximum Gasteiger partial charge on any atom is 0.0685 e. The van der Waals surface area contributed by atoms with Crippen molar-refractivity contribution >= 4 is 11.8 Å². The van der Waals surface area contributed by atoms with Gasteiger partial charge >= 0.3 is 0 Å². The molecular weight excluding hydrogens is 256 g/mol. The van der Waals surface area contributed by atoms with E-state index >= 15 is 0 Å². The molecule has 3 N–H and O–H groups in total. The van der Waals surface area contributed by atoms with E-state index in [1.807, 2.05) is 11.8 Å². The minimum absolute atomic E-state index is 0.199. The summed E-state index contributed by atoms with van der Waals surface area (Å²) in [5, 5.41) is 0. The first-order valence-electron chi connectivity index (χ1n) is 7.68. The number of nitrogens with two attached hydrogens (primary N) is 1. The SMILES string of the molecule is CC(C)(C)SCC(NN)C1CCOC2(CCCC2)C1. The van der Waals surface area contributed by atoms with Gasteiger partial charge in [0.15, 0.2) is 0 Å². The summed E-state index contributed by atoms with van der Waals surface area (Å²) in [6.07, 6.45) is 7.54. The third kappa shape index (κ3) is 4.35. The Bertz CT molecular complexity index is 284. The highest BCUT2D eigenvalue weighted by Crippen LogP contribution is 2.43. The Balaban J connectivity index is 1.90. The molecule has 4 heteroatoms. The van der Waals surface area contributed by atoms with E-state index in [2.05, 4.69) is 26.2 Å². The molecule has 112 valence electrons. The molecule has 0 aromatic heterocycles. The van der Waals surface area contributed by atoms with E-state index in [4.69, 9.17) is 10.6 Å². The first-order valence-corrected chi connectivity index (χ1v) is 8.67. The van der Waals surface area contributed by atoms with Crippen molar-refractivity contribution in [2.75, 3.05) is 12.4 Å². The van der Waals surface area contributed by atoms with Gasteiger partial charge in [-0.2, -0.15) is 11.8 Å². The van der Waals surface area contributed by atoms with E-state index in [0.717, 1.165) is 18.8 Å². The van der Waals surface area contributed by atoms with Crippen LogP contribution in [0.1, 0.15) is 59.3 Å². The van der Waals surface area contributed by atoms with Crippen LogP contribution in [-0.4, -0.2) is 28.7 Å². The molecule has 0 aromatic carbocycles. The van der Waals surface area contributed by atoms with E-state index in [0.29, 0.717) is 16.7 Å². The highest BCUT2D eigenvalue weighted by Gasteiger charge is 2.41. The minimum Gasteiger partial charge on any atom is -0.375 e. The van der Waals surface area contributed by atoms with Crippen LogP contribution in [0, 0.1) is 5.92 Å². The van der Waals surface area contributed by atoms with E-state index in [1.54, 1.807) is 0 Å². The molecule has 0 radical (unpaired) electrons. The Morgan fingerprint density at radius 3 is 2.63 bits per heavy atom. The van der Waals surface area contributed by atoms with Gasteiger partial charge in [0, 0.05) is 23.1 Å². The number of hydrogen-bond donors (Lipinski definition) is 2. The summed E-state index contributed by atoms with van der Waals surface area (Å²) >= 11 is 2.01. The lowest BCUT2D eigenvalue weighted by Gasteiger charge is -2.41. The van der Waals surface area contributed by atoms with Crippen molar-refractivity contribution in [3.05, 3.63) is 0 Å². The Morgan fingerprint density at radius 1 is 1.37 bits per heavy atom. The molecule has 19 heavy (non-hydrogen) atoms. The van der Waals surface area contributed by atoms with E-state index in [-0.39, 0.29) is 5.60 Å². The lowest BCUT2D eigenvalue weighted by molar-refractivity contribution is -0.0967. The van der Waals surface area contributed by atoms with Crippen LogP contribution >= 0.6 is 11.8 Å². The molecule has 2 aliphatic rings. The van der Waals surface area contributed by atoms with E-state index < -0.39 is 0 Å². The third-order valence-electron chi connectivity index (χ3n) is 4.52. The third-order valence-corrected chi connectivity index (χ3v) is 5.92. The number of thioether (sulfide) groups is 1. The molecular formula is C15H30N2OS. The second-order valence-electron chi connectivity index (χ2n) is 7.19. The minimum atomic E-state index is 0.199. The molecule has 0 amide bonds. The molecule has 2 unspecified atom stereocenters. The Hall–Kier alpha value is 0.230. The Kier molecular flexibility index (Phi) is 5.21. The lowest BCUT2D eigenvalue weighted by Crippen LogP contribution is -2.49. The van der Waals surface area contributed by atoms with Gasteiger partial charge in [-0.3, -0.25) is 11.3 Å². The number of hydrazine groups is 1. The summed E-state index contributed by atoms with van der Waals surface area (Å²) in [5.74, 6) is 7.59. The molecule has 1 heterocycles.